The van der Waals surface area contributed by atoms with Crippen LogP contribution in [0.5, 0.6) is 0 Å². The summed E-state index contributed by atoms with van der Waals surface area (Å²) < 4.78 is 37.3. The Morgan fingerprint density at radius 3 is 2.71 bits per heavy atom. The number of anilines is 1. The summed E-state index contributed by atoms with van der Waals surface area (Å²) in [7, 11) is 0. The van der Waals surface area contributed by atoms with Gasteiger partial charge in [-0.1, -0.05) is 18.2 Å². The smallest absolute Gasteiger partial charge is 0.395 e. The number of carbonyl (C=O) groups is 1. The third-order valence-electron chi connectivity index (χ3n) is 3.37. The minimum atomic E-state index is -4.39. The molecule has 4 nitrogen and oxygen atoms in total. The number of hydrogen-bond acceptors (Lipinski definition) is 3. The zero-order valence-corrected chi connectivity index (χ0v) is 11.4. The van der Waals surface area contributed by atoms with E-state index in [1.165, 1.54) is 4.90 Å². The van der Waals surface area contributed by atoms with Crippen molar-refractivity contribution in [2.24, 2.45) is 0 Å². The van der Waals surface area contributed by atoms with Gasteiger partial charge in [-0.3, -0.25) is 9.69 Å². The van der Waals surface area contributed by atoms with Gasteiger partial charge >= 0.3 is 6.18 Å². The summed E-state index contributed by atoms with van der Waals surface area (Å²) >= 11 is 0. The Balaban J connectivity index is 2.03. The SMILES string of the molecule is O=C(CN(CCO)CC(F)(F)F)N1CCc2ccccc21. The first-order valence-electron chi connectivity index (χ1n) is 6.69. The molecule has 1 heterocycles. The van der Waals surface area contributed by atoms with Crippen molar-refractivity contribution < 1.29 is 23.1 Å². The number of alkyl halides is 3. The van der Waals surface area contributed by atoms with Crippen LogP contribution in [0.1, 0.15) is 5.56 Å². The van der Waals surface area contributed by atoms with Crippen molar-refractivity contribution in [2.75, 3.05) is 37.7 Å². The molecule has 0 bridgehead atoms. The topological polar surface area (TPSA) is 43.8 Å². The van der Waals surface area contributed by atoms with E-state index in [4.69, 9.17) is 5.11 Å². The fraction of sp³-hybridized carbons (Fsp3) is 0.500. The van der Waals surface area contributed by atoms with Gasteiger partial charge in [0, 0.05) is 18.8 Å². The average Bonchev–Trinajstić information content (AvgIpc) is 2.80. The Kier molecular flexibility index (Phi) is 4.84. The number of benzene rings is 1. The molecule has 0 atom stereocenters. The monoisotopic (exact) mass is 302 g/mol. The van der Waals surface area contributed by atoms with Crippen molar-refractivity contribution in [3.8, 4) is 0 Å². The molecule has 0 aliphatic carbocycles. The fourth-order valence-corrected chi connectivity index (χ4v) is 2.48. The Morgan fingerprint density at radius 1 is 1.33 bits per heavy atom. The highest BCUT2D eigenvalue weighted by Crippen LogP contribution is 2.27. The third kappa shape index (κ3) is 4.18. The van der Waals surface area contributed by atoms with E-state index in [0.29, 0.717) is 13.0 Å². The normalized spacial score (nSPS) is 14.6. The number of rotatable bonds is 5. The van der Waals surface area contributed by atoms with Crippen molar-refractivity contribution in [3.63, 3.8) is 0 Å². The summed E-state index contributed by atoms with van der Waals surface area (Å²) in [5, 5.41) is 8.84. The molecule has 0 saturated carbocycles. The second kappa shape index (κ2) is 6.44. The van der Waals surface area contributed by atoms with E-state index in [1.54, 1.807) is 12.1 Å². The van der Waals surface area contributed by atoms with Gasteiger partial charge in [0.25, 0.3) is 0 Å². The van der Waals surface area contributed by atoms with Crippen molar-refractivity contribution >= 4 is 11.6 Å². The first kappa shape index (κ1) is 15.8. The summed E-state index contributed by atoms with van der Waals surface area (Å²) in [5.74, 6) is -0.377. The molecular formula is C14H17F3N2O2. The maximum absolute atomic E-state index is 12.4. The van der Waals surface area contributed by atoms with Crippen LogP contribution >= 0.6 is 0 Å². The molecule has 21 heavy (non-hydrogen) atoms. The van der Waals surface area contributed by atoms with E-state index in [0.717, 1.165) is 16.2 Å². The summed E-state index contributed by atoms with van der Waals surface area (Å²) in [6.07, 6.45) is -3.68. The molecule has 7 heteroatoms. The molecule has 116 valence electrons. The van der Waals surface area contributed by atoms with Gasteiger partial charge in [-0.05, 0) is 18.1 Å². The number of aliphatic hydroxyl groups excluding tert-OH is 1. The lowest BCUT2D eigenvalue weighted by Gasteiger charge is -2.25. The number of fused-ring (bicyclic) bond motifs is 1. The second-order valence-corrected chi connectivity index (χ2v) is 4.97. The lowest BCUT2D eigenvalue weighted by molar-refractivity contribution is -0.149. The quantitative estimate of drug-likeness (QED) is 0.895. The van der Waals surface area contributed by atoms with Gasteiger partial charge < -0.3 is 10.0 Å². The van der Waals surface area contributed by atoms with Crippen LogP contribution in [0.15, 0.2) is 24.3 Å². The van der Waals surface area contributed by atoms with Crippen LogP contribution in [0.2, 0.25) is 0 Å². The molecule has 0 spiro atoms. The van der Waals surface area contributed by atoms with Crippen molar-refractivity contribution in [3.05, 3.63) is 29.8 Å². The van der Waals surface area contributed by atoms with E-state index in [9.17, 15) is 18.0 Å². The number of amides is 1. The number of carbonyl (C=O) groups excluding carboxylic acids is 1. The van der Waals surface area contributed by atoms with Crippen molar-refractivity contribution in [2.45, 2.75) is 12.6 Å². The van der Waals surface area contributed by atoms with Gasteiger partial charge in [-0.25, -0.2) is 0 Å². The molecule has 1 aliphatic rings. The maximum atomic E-state index is 12.4. The highest BCUT2D eigenvalue weighted by molar-refractivity contribution is 5.96. The Labute approximate surface area is 120 Å². The first-order chi connectivity index (χ1) is 9.90. The molecule has 1 aliphatic heterocycles. The van der Waals surface area contributed by atoms with Crippen LogP contribution in [0.3, 0.4) is 0 Å². The summed E-state index contributed by atoms with van der Waals surface area (Å²) in [6, 6.07) is 7.37. The van der Waals surface area contributed by atoms with Crippen LogP contribution in [-0.2, 0) is 11.2 Å². The van der Waals surface area contributed by atoms with Crippen LogP contribution in [0, 0.1) is 0 Å². The molecule has 0 fully saturated rings. The largest absolute Gasteiger partial charge is 0.401 e. The predicted molar refractivity (Wildman–Crippen MR) is 72.1 cm³/mol. The molecule has 1 aromatic rings. The number of halogens is 3. The molecule has 0 aromatic heterocycles. The Morgan fingerprint density at radius 2 is 2.05 bits per heavy atom. The lowest BCUT2D eigenvalue weighted by atomic mass is 10.2. The van der Waals surface area contributed by atoms with E-state index in [2.05, 4.69) is 0 Å². The fourth-order valence-electron chi connectivity index (χ4n) is 2.48. The average molecular weight is 302 g/mol. The van der Waals surface area contributed by atoms with E-state index < -0.39 is 19.3 Å². The minimum absolute atomic E-state index is 0.180. The van der Waals surface area contributed by atoms with Crippen LogP contribution < -0.4 is 4.90 Å². The van der Waals surface area contributed by atoms with Crippen LogP contribution in [-0.4, -0.2) is 54.9 Å². The molecule has 1 N–H and O–H groups in total. The standard InChI is InChI=1S/C14H17F3N2O2/c15-14(16,17)10-18(7-8-20)9-13(21)19-6-5-11-3-1-2-4-12(11)19/h1-4,20H,5-10H2. The number of nitrogens with zero attached hydrogens (tertiary/aromatic N) is 2. The van der Waals surface area contributed by atoms with Gasteiger partial charge in [-0.2, -0.15) is 13.2 Å². The molecule has 2 rings (SSSR count). The number of aliphatic hydroxyl groups is 1. The minimum Gasteiger partial charge on any atom is -0.395 e. The van der Waals surface area contributed by atoms with Gasteiger partial charge in [0.15, 0.2) is 0 Å². The zero-order chi connectivity index (χ0) is 15.5. The van der Waals surface area contributed by atoms with Crippen LogP contribution in [0.4, 0.5) is 18.9 Å². The molecule has 0 unspecified atom stereocenters. The number of hydrogen-bond donors (Lipinski definition) is 1. The Bertz CT molecular complexity index is 505. The summed E-state index contributed by atoms with van der Waals surface area (Å²) in [5.41, 5.74) is 1.79. The van der Waals surface area contributed by atoms with Gasteiger partial charge in [0.05, 0.1) is 19.7 Å². The predicted octanol–water partition coefficient (Wildman–Crippen LogP) is 1.43. The summed E-state index contributed by atoms with van der Waals surface area (Å²) in [6.45, 7) is -1.67. The summed E-state index contributed by atoms with van der Waals surface area (Å²) in [4.78, 5) is 14.6. The van der Waals surface area contributed by atoms with Gasteiger partial charge in [-0.15, -0.1) is 0 Å². The zero-order valence-electron chi connectivity index (χ0n) is 11.4. The molecule has 1 aromatic carbocycles. The number of para-hydroxylation sites is 1. The highest BCUT2D eigenvalue weighted by atomic mass is 19.4. The van der Waals surface area contributed by atoms with Gasteiger partial charge in [0.2, 0.25) is 5.91 Å². The van der Waals surface area contributed by atoms with Gasteiger partial charge in [0.1, 0.15) is 0 Å². The molecule has 1 amide bonds. The van der Waals surface area contributed by atoms with Crippen molar-refractivity contribution in [1.82, 2.24) is 4.90 Å². The Hall–Kier alpha value is -1.60. The highest BCUT2D eigenvalue weighted by Gasteiger charge is 2.33. The first-order valence-corrected chi connectivity index (χ1v) is 6.69. The lowest BCUT2D eigenvalue weighted by Crippen LogP contribution is -2.44. The second-order valence-electron chi connectivity index (χ2n) is 4.97. The van der Waals surface area contributed by atoms with Crippen LogP contribution in [0.25, 0.3) is 0 Å². The van der Waals surface area contributed by atoms with Crippen molar-refractivity contribution in [1.29, 1.82) is 0 Å². The maximum Gasteiger partial charge on any atom is 0.401 e. The van der Waals surface area contributed by atoms with E-state index >= 15 is 0 Å². The molecule has 0 radical (unpaired) electrons. The van der Waals surface area contributed by atoms with E-state index in [-0.39, 0.29) is 19.0 Å². The molecular weight excluding hydrogens is 285 g/mol. The molecule has 0 saturated heterocycles. The third-order valence-corrected chi connectivity index (χ3v) is 3.37. The van der Waals surface area contributed by atoms with E-state index in [1.807, 2.05) is 12.1 Å².